The lowest BCUT2D eigenvalue weighted by atomic mass is 9.85. The van der Waals surface area contributed by atoms with Crippen molar-refractivity contribution < 1.29 is 13.9 Å². The highest BCUT2D eigenvalue weighted by molar-refractivity contribution is 6.32. The van der Waals surface area contributed by atoms with E-state index in [0.717, 1.165) is 12.8 Å². The molecule has 0 aliphatic rings. The fraction of sp³-hybridized carbons (Fsp3) is 0.409. The Kier molecular flexibility index (Phi) is 7.65. The topological polar surface area (TPSA) is 26.3 Å². The maximum absolute atomic E-state index is 15.2. The second kappa shape index (κ2) is 9.72. The molecule has 0 N–H and O–H groups in total. The zero-order valence-corrected chi connectivity index (χ0v) is 16.4. The van der Waals surface area contributed by atoms with E-state index in [0.29, 0.717) is 24.2 Å². The summed E-state index contributed by atoms with van der Waals surface area (Å²) in [5, 5.41) is 0.249. The maximum atomic E-state index is 15.2. The van der Waals surface area contributed by atoms with E-state index in [9.17, 15) is 4.79 Å². The quantitative estimate of drug-likeness (QED) is 0.464. The molecule has 2 aromatic carbocycles. The first-order chi connectivity index (χ1) is 12.5. The fourth-order valence-corrected chi connectivity index (χ4v) is 3.36. The number of benzene rings is 2. The molecule has 0 saturated carbocycles. The van der Waals surface area contributed by atoms with Crippen LogP contribution in [0.25, 0.3) is 0 Å². The van der Waals surface area contributed by atoms with Crippen molar-refractivity contribution >= 4 is 17.4 Å². The van der Waals surface area contributed by atoms with Crippen LogP contribution in [0.5, 0.6) is 11.5 Å². The lowest BCUT2D eigenvalue weighted by Crippen LogP contribution is -2.10. The Balaban J connectivity index is 2.24. The largest absolute Gasteiger partial charge is 0.453 e. The molecule has 2 atom stereocenters. The summed E-state index contributed by atoms with van der Waals surface area (Å²) in [6.45, 7) is 5.95. The molecule has 0 aliphatic carbocycles. The Labute approximate surface area is 160 Å². The summed E-state index contributed by atoms with van der Waals surface area (Å²) in [7, 11) is 0. The number of rotatable bonds is 9. The first kappa shape index (κ1) is 20.4. The Bertz CT molecular complexity index is 730. The molecule has 0 aromatic heterocycles. The molecular formula is C22H26ClFO2. The van der Waals surface area contributed by atoms with Gasteiger partial charge in [0.05, 0.1) is 5.02 Å². The van der Waals surface area contributed by atoms with Gasteiger partial charge in [-0.25, -0.2) is 4.39 Å². The van der Waals surface area contributed by atoms with Crippen molar-refractivity contribution in [2.24, 2.45) is 5.92 Å². The van der Waals surface area contributed by atoms with Crippen molar-refractivity contribution in [1.29, 1.82) is 0 Å². The van der Waals surface area contributed by atoms with Crippen LogP contribution in [0.1, 0.15) is 57.9 Å². The van der Waals surface area contributed by atoms with Crippen molar-refractivity contribution in [3.8, 4) is 11.5 Å². The van der Waals surface area contributed by atoms with Crippen LogP contribution in [0.15, 0.2) is 42.5 Å². The normalized spacial score (nSPS) is 13.3. The van der Waals surface area contributed by atoms with Gasteiger partial charge < -0.3 is 4.74 Å². The lowest BCUT2D eigenvalue weighted by Gasteiger charge is -2.22. The molecule has 2 nitrogen and oxygen atoms in total. The molecule has 0 amide bonds. The number of carbonyl (C=O) groups is 1. The van der Waals surface area contributed by atoms with Crippen molar-refractivity contribution in [2.45, 2.75) is 52.4 Å². The number of ether oxygens (including phenoxy) is 1. The van der Waals surface area contributed by atoms with E-state index >= 15 is 4.39 Å². The van der Waals surface area contributed by atoms with Gasteiger partial charge in [0, 0.05) is 12.8 Å². The Morgan fingerprint density at radius 2 is 1.85 bits per heavy atom. The smallest absolute Gasteiger partial charge is 0.181 e. The van der Waals surface area contributed by atoms with Gasteiger partial charge in [0.1, 0.15) is 11.5 Å². The predicted octanol–water partition coefficient (Wildman–Crippen LogP) is 7.16. The molecule has 0 aliphatic heterocycles. The number of hydrogen-bond donors (Lipinski definition) is 0. The maximum Gasteiger partial charge on any atom is 0.181 e. The Morgan fingerprint density at radius 1 is 1.15 bits per heavy atom. The van der Waals surface area contributed by atoms with Crippen molar-refractivity contribution in [3.63, 3.8) is 0 Å². The number of para-hydroxylation sites is 1. The summed E-state index contributed by atoms with van der Waals surface area (Å²) in [6.07, 6.45) is 2.63. The lowest BCUT2D eigenvalue weighted by molar-refractivity contribution is -0.119. The molecule has 2 rings (SSSR count). The molecule has 0 fully saturated rings. The second-order valence-electron chi connectivity index (χ2n) is 6.74. The summed E-state index contributed by atoms with van der Waals surface area (Å²) >= 11 is 6.18. The van der Waals surface area contributed by atoms with E-state index < -0.39 is 5.82 Å². The molecule has 140 valence electrons. The standard InChI is InChI=1S/C22H26ClFO2/c1-4-16(13-15(3)14-17(25)5-2)19-11-12-20(23)22(21(19)24)26-18-9-7-6-8-10-18/h6-12,15-16H,4-5,13-14H2,1-3H3/t15-,16+/m1/s1. The number of hydrogen-bond acceptors (Lipinski definition) is 2. The van der Waals surface area contributed by atoms with E-state index in [2.05, 4.69) is 0 Å². The summed E-state index contributed by atoms with van der Waals surface area (Å²) in [6, 6.07) is 12.5. The molecule has 0 radical (unpaired) electrons. The van der Waals surface area contributed by atoms with Crippen LogP contribution in [0, 0.1) is 11.7 Å². The van der Waals surface area contributed by atoms with Gasteiger partial charge in [0.15, 0.2) is 11.6 Å². The van der Waals surface area contributed by atoms with Gasteiger partial charge in [0.25, 0.3) is 0 Å². The van der Waals surface area contributed by atoms with Gasteiger partial charge in [0.2, 0.25) is 0 Å². The van der Waals surface area contributed by atoms with Gasteiger partial charge in [-0.3, -0.25) is 4.79 Å². The monoisotopic (exact) mass is 376 g/mol. The highest BCUT2D eigenvalue weighted by atomic mass is 35.5. The third-order valence-corrected chi connectivity index (χ3v) is 4.93. The van der Waals surface area contributed by atoms with Gasteiger partial charge in [-0.1, -0.05) is 56.6 Å². The Morgan fingerprint density at radius 3 is 2.46 bits per heavy atom. The van der Waals surface area contributed by atoms with Gasteiger partial charge in [-0.15, -0.1) is 0 Å². The van der Waals surface area contributed by atoms with Gasteiger partial charge in [-0.05, 0) is 48.4 Å². The van der Waals surface area contributed by atoms with E-state index in [1.807, 2.05) is 39.0 Å². The molecule has 0 spiro atoms. The minimum atomic E-state index is -0.415. The van der Waals surface area contributed by atoms with Crippen LogP contribution in [0.2, 0.25) is 5.02 Å². The molecule has 0 saturated heterocycles. The van der Waals surface area contributed by atoms with Crippen LogP contribution in [0.4, 0.5) is 4.39 Å². The average molecular weight is 377 g/mol. The van der Waals surface area contributed by atoms with E-state index in [1.165, 1.54) is 0 Å². The van der Waals surface area contributed by atoms with Crippen molar-refractivity contribution in [3.05, 3.63) is 58.9 Å². The molecule has 0 unspecified atom stereocenters. The minimum Gasteiger partial charge on any atom is -0.453 e. The van der Waals surface area contributed by atoms with E-state index in [4.69, 9.17) is 16.3 Å². The number of halogens is 2. The van der Waals surface area contributed by atoms with Crippen LogP contribution in [-0.2, 0) is 4.79 Å². The predicted molar refractivity (Wildman–Crippen MR) is 105 cm³/mol. The number of ketones is 1. The molecule has 0 bridgehead atoms. The summed E-state index contributed by atoms with van der Waals surface area (Å²) in [4.78, 5) is 11.7. The fourth-order valence-electron chi connectivity index (χ4n) is 3.18. The summed E-state index contributed by atoms with van der Waals surface area (Å²) in [5.41, 5.74) is 0.596. The SMILES string of the molecule is CCC(=O)C[C@H](C)C[C@H](CC)c1ccc(Cl)c(Oc2ccccc2)c1F. The molecule has 4 heteroatoms. The van der Waals surface area contributed by atoms with Crippen LogP contribution < -0.4 is 4.74 Å². The van der Waals surface area contributed by atoms with Crippen molar-refractivity contribution in [2.75, 3.05) is 0 Å². The number of carbonyl (C=O) groups excluding carboxylic acids is 1. The zero-order valence-electron chi connectivity index (χ0n) is 15.6. The summed E-state index contributed by atoms with van der Waals surface area (Å²) < 4.78 is 20.9. The second-order valence-corrected chi connectivity index (χ2v) is 7.14. The molecule has 2 aromatic rings. The van der Waals surface area contributed by atoms with Gasteiger partial charge in [-0.2, -0.15) is 0 Å². The highest BCUT2D eigenvalue weighted by Crippen LogP contribution is 2.39. The highest BCUT2D eigenvalue weighted by Gasteiger charge is 2.22. The minimum absolute atomic E-state index is 0.0186. The van der Waals surface area contributed by atoms with E-state index in [1.54, 1.807) is 24.3 Å². The van der Waals surface area contributed by atoms with Gasteiger partial charge >= 0.3 is 0 Å². The van der Waals surface area contributed by atoms with Crippen molar-refractivity contribution in [1.82, 2.24) is 0 Å². The summed E-state index contributed by atoms with van der Waals surface area (Å²) in [5.74, 6) is 0.664. The third-order valence-electron chi connectivity index (χ3n) is 4.63. The van der Waals surface area contributed by atoms with Crippen LogP contribution in [0.3, 0.4) is 0 Å². The van der Waals surface area contributed by atoms with Crippen LogP contribution >= 0.6 is 11.6 Å². The zero-order chi connectivity index (χ0) is 19.1. The third kappa shape index (κ3) is 5.31. The number of Topliss-reactive ketones (excluding diaryl/α,β-unsaturated/α-hetero) is 1. The Hall–Kier alpha value is -1.87. The molecular weight excluding hydrogens is 351 g/mol. The average Bonchev–Trinajstić information content (AvgIpc) is 2.64. The van der Waals surface area contributed by atoms with Crippen LogP contribution in [-0.4, -0.2) is 5.78 Å². The molecule has 26 heavy (non-hydrogen) atoms. The first-order valence-corrected chi connectivity index (χ1v) is 9.56. The first-order valence-electron chi connectivity index (χ1n) is 9.18. The molecule has 0 heterocycles. The van der Waals surface area contributed by atoms with E-state index in [-0.39, 0.29) is 28.4 Å².